The quantitative estimate of drug-likeness (QED) is 0.798. The third kappa shape index (κ3) is 5.72. The Morgan fingerprint density at radius 1 is 1.00 bits per heavy atom. The fourth-order valence-electron chi connectivity index (χ4n) is 2.20. The molecular formula is C18H20N2O4S. The summed E-state index contributed by atoms with van der Waals surface area (Å²) in [5, 5.41) is 0. The molecule has 0 saturated heterocycles. The highest BCUT2D eigenvalue weighted by molar-refractivity contribution is 7.84. The first-order chi connectivity index (χ1) is 11.8. The van der Waals surface area contributed by atoms with Gasteiger partial charge >= 0.3 is 0 Å². The Morgan fingerprint density at radius 3 is 2.16 bits per heavy atom. The lowest BCUT2D eigenvalue weighted by molar-refractivity contribution is -0.123. The molecule has 0 aromatic heterocycles. The van der Waals surface area contributed by atoms with E-state index in [2.05, 4.69) is 10.9 Å². The van der Waals surface area contributed by atoms with Crippen LogP contribution in [0.25, 0.3) is 0 Å². The van der Waals surface area contributed by atoms with Crippen LogP contribution in [0.4, 0.5) is 0 Å². The van der Waals surface area contributed by atoms with Crippen LogP contribution in [-0.4, -0.2) is 28.9 Å². The summed E-state index contributed by atoms with van der Waals surface area (Å²) in [7, 11) is -1.10. The Bertz CT molecular complexity index is 783. The van der Waals surface area contributed by atoms with Crippen LogP contribution >= 0.6 is 0 Å². The Kier molecular flexibility index (Phi) is 6.30. The van der Waals surface area contributed by atoms with Crippen LogP contribution in [0.3, 0.4) is 0 Å². The average Bonchev–Trinajstić information content (AvgIpc) is 2.57. The standard InChI is InChI=1S/C18H20N2O4S/c1-12-8-13(2)10-15(9-12)24-11-17(21)19-20-18(22)14-4-6-16(7-5-14)25(3)23/h4-10H,11H2,1-3H3,(H,19,21)(H,20,22). The molecule has 1 unspecified atom stereocenters. The molecule has 132 valence electrons. The van der Waals surface area contributed by atoms with Crippen molar-refractivity contribution in [2.45, 2.75) is 18.7 Å². The van der Waals surface area contributed by atoms with Gasteiger partial charge in [-0.2, -0.15) is 0 Å². The van der Waals surface area contributed by atoms with Crippen molar-refractivity contribution in [3.63, 3.8) is 0 Å². The normalized spacial score (nSPS) is 11.5. The number of ether oxygens (including phenoxy) is 1. The van der Waals surface area contributed by atoms with Crippen LogP contribution in [0, 0.1) is 13.8 Å². The van der Waals surface area contributed by atoms with Gasteiger partial charge in [0.1, 0.15) is 5.75 Å². The minimum atomic E-state index is -1.10. The zero-order chi connectivity index (χ0) is 18.4. The maximum absolute atomic E-state index is 12.0. The van der Waals surface area contributed by atoms with E-state index in [0.29, 0.717) is 16.2 Å². The zero-order valence-electron chi connectivity index (χ0n) is 14.3. The van der Waals surface area contributed by atoms with Gasteiger partial charge in [0.05, 0.1) is 0 Å². The Hall–Kier alpha value is -2.67. The summed E-state index contributed by atoms with van der Waals surface area (Å²) < 4.78 is 16.7. The van der Waals surface area contributed by atoms with Crippen molar-refractivity contribution < 1.29 is 18.5 Å². The monoisotopic (exact) mass is 360 g/mol. The van der Waals surface area contributed by atoms with Gasteiger partial charge in [0.2, 0.25) is 0 Å². The number of amides is 2. The van der Waals surface area contributed by atoms with Crippen LogP contribution in [0.1, 0.15) is 21.5 Å². The van der Waals surface area contributed by atoms with Crippen LogP contribution in [0.5, 0.6) is 5.75 Å². The Morgan fingerprint density at radius 2 is 1.60 bits per heavy atom. The third-order valence-electron chi connectivity index (χ3n) is 3.33. The van der Waals surface area contributed by atoms with Crippen molar-refractivity contribution in [3.8, 4) is 5.75 Å². The van der Waals surface area contributed by atoms with Gasteiger partial charge in [-0.25, -0.2) is 0 Å². The highest BCUT2D eigenvalue weighted by atomic mass is 32.2. The average molecular weight is 360 g/mol. The van der Waals surface area contributed by atoms with Crippen molar-refractivity contribution in [1.29, 1.82) is 0 Å². The third-order valence-corrected chi connectivity index (χ3v) is 4.27. The number of rotatable bonds is 5. The molecule has 7 heteroatoms. The maximum atomic E-state index is 12.0. The predicted molar refractivity (Wildman–Crippen MR) is 95.8 cm³/mol. The van der Waals surface area contributed by atoms with E-state index in [1.54, 1.807) is 30.5 Å². The van der Waals surface area contributed by atoms with E-state index in [-0.39, 0.29) is 6.61 Å². The predicted octanol–water partition coefficient (Wildman–Crippen LogP) is 1.88. The number of benzene rings is 2. The van der Waals surface area contributed by atoms with E-state index < -0.39 is 22.6 Å². The van der Waals surface area contributed by atoms with Gasteiger partial charge in [-0.15, -0.1) is 0 Å². The van der Waals surface area contributed by atoms with Gasteiger partial charge in [-0.3, -0.25) is 24.6 Å². The number of hydrogen-bond acceptors (Lipinski definition) is 4. The summed E-state index contributed by atoms with van der Waals surface area (Å²) >= 11 is 0. The van der Waals surface area contributed by atoms with Crippen molar-refractivity contribution in [1.82, 2.24) is 10.9 Å². The van der Waals surface area contributed by atoms with E-state index in [1.807, 2.05) is 32.0 Å². The molecule has 0 aliphatic rings. The van der Waals surface area contributed by atoms with Crippen molar-refractivity contribution in [2.24, 2.45) is 0 Å². The summed E-state index contributed by atoms with van der Waals surface area (Å²) in [6.07, 6.45) is 1.56. The summed E-state index contributed by atoms with van der Waals surface area (Å²) in [6, 6.07) is 12.0. The molecule has 1 atom stereocenters. The van der Waals surface area contributed by atoms with Gasteiger partial charge in [-0.05, 0) is 61.4 Å². The molecule has 0 aliphatic carbocycles. The smallest absolute Gasteiger partial charge is 0.276 e. The first kappa shape index (κ1) is 18.7. The lowest BCUT2D eigenvalue weighted by Gasteiger charge is -2.10. The molecule has 0 heterocycles. The fourth-order valence-corrected chi connectivity index (χ4v) is 2.72. The first-order valence-electron chi connectivity index (χ1n) is 7.59. The van der Waals surface area contributed by atoms with Crippen molar-refractivity contribution in [3.05, 3.63) is 59.2 Å². The molecule has 0 saturated carbocycles. The lowest BCUT2D eigenvalue weighted by atomic mass is 10.1. The highest BCUT2D eigenvalue weighted by Crippen LogP contribution is 2.15. The van der Waals surface area contributed by atoms with E-state index in [0.717, 1.165) is 11.1 Å². The van der Waals surface area contributed by atoms with Gasteiger partial charge in [-0.1, -0.05) is 6.07 Å². The molecule has 2 aromatic rings. The molecule has 2 rings (SSSR count). The van der Waals surface area contributed by atoms with E-state index in [4.69, 9.17) is 4.74 Å². The number of nitrogens with one attached hydrogen (secondary N) is 2. The number of hydrazine groups is 1. The minimum absolute atomic E-state index is 0.211. The van der Waals surface area contributed by atoms with Gasteiger partial charge in [0.15, 0.2) is 6.61 Å². The Balaban J connectivity index is 1.82. The highest BCUT2D eigenvalue weighted by Gasteiger charge is 2.09. The lowest BCUT2D eigenvalue weighted by Crippen LogP contribution is -2.43. The summed E-state index contributed by atoms with van der Waals surface area (Å²) in [5.41, 5.74) is 7.04. The largest absolute Gasteiger partial charge is 0.484 e. The van der Waals surface area contributed by atoms with Crippen LogP contribution in [-0.2, 0) is 15.6 Å². The number of carbonyl (C=O) groups excluding carboxylic acids is 2. The summed E-state index contributed by atoms with van der Waals surface area (Å²) in [6.45, 7) is 3.68. The second kappa shape index (κ2) is 8.43. The number of hydrogen-bond donors (Lipinski definition) is 2. The number of carbonyl (C=O) groups is 2. The topological polar surface area (TPSA) is 84.5 Å². The molecule has 2 aromatic carbocycles. The molecule has 6 nitrogen and oxygen atoms in total. The minimum Gasteiger partial charge on any atom is -0.484 e. The van der Waals surface area contributed by atoms with Crippen LogP contribution in [0.15, 0.2) is 47.4 Å². The second-order valence-corrected chi connectivity index (χ2v) is 6.97. The fraction of sp³-hybridized carbons (Fsp3) is 0.222. The van der Waals surface area contributed by atoms with Gasteiger partial charge in [0.25, 0.3) is 11.8 Å². The molecule has 0 fully saturated rings. The molecule has 0 bridgehead atoms. The van der Waals surface area contributed by atoms with Crippen LogP contribution in [0.2, 0.25) is 0 Å². The second-order valence-electron chi connectivity index (χ2n) is 5.59. The van der Waals surface area contributed by atoms with E-state index in [9.17, 15) is 13.8 Å². The van der Waals surface area contributed by atoms with E-state index >= 15 is 0 Å². The molecule has 0 aliphatic heterocycles. The molecule has 25 heavy (non-hydrogen) atoms. The van der Waals surface area contributed by atoms with E-state index in [1.165, 1.54) is 0 Å². The van der Waals surface area contributed by atoms with Crippen molar-refractivity contribution >= 4 is 22.6 Å². The maximum Gasteiger partial charge on any atom is 0.276 e. The molecule has 0 spiro atoms. The first-order valence-corrected chi connectivity index (χ1v) is 9.15. The van der Waals surface area contributed by atoms with Crippen molar-refractivity contribution in [2.75, 3.05) is 12.9 Å². The molecule has 0 radical (unpaired) electrons. The summed E-state index contributed by atoms with van der Waals surface area (Å²) in [5.74, 6) is -0.339. The Labute approximate surface area is 149 Å². The molecule has 2 N–H and O–H groups in total. The van der Waals surface area contributed by atoms with Gasteiger partial charge in [0, 0.05) is 27.5 Å². The van der Waals surface area contributed by atoms with Crippen LogP contribution < -0.4 is 15.6 Å². The SMILES string of the molecule is Cc1cc(C)cc(OCC(=O)NNC(=O)c2ccc(S(C)=O)cc2)c1. The van der Waals surface area contributed by atoms with Gasteiger partial charge < -0.3 is 4.74 Å². The molecule has 2 amide bonds. The zero-order valence-corrected chi connectivity index (χ0v) is 15.1. The molecular weight excluding hydrogens is 340 g/mol. The number of aryl methyl sites for hydroxylation is 2. The summed E-state index contributed by atoms with van der Waals surface area (Å²) in [4.78, 5) is 24.4.